The highest BCUT2D eigenvalue weighted by molar-refractivity contribution is 5.40. The van der Waals surface area contributed by atoms with Crippen LogP contribution in [0.3, 0.4) is 0 Å². The molecule has 0 bridgehead atoms. The van der Waals surface area contributed by atoms with Crippen molar-refractivity contribution >= 4 is 5.82 Å². The SMILES string of the molecule is CC(C)N(CC#N)C(C)c1cccnc1N. The van der Waals surface area contributed by atoms with Gasteiger partial charge in [-0.05, 0) is 26.8 Å². The van der Waals surface area contributed by atoms with E-state index in [-0.39, 0.29) is 6.04 Å². The minimum atomic E-state index is 0.105. The maximum Gasteiger partial charge on any atom is 0.128 e. The van der Waals surface area contributed by atoms with Gasteiger partial charge in [0, 0.05) is 23.8 Å². The lowest BCUT2D eigenvalue weighted by molar-refractivity contribution is 0.188. The fourth-order valence-corrected chi connectivity index (χ4v) is 1.81. The fraction of sp³-hybridized carbons (Fsp3) is 0.500. The van der Waals surface area contributed by atoms with Crippen molar-refractivity contribution in [2.75, 3.05) is 12.3 Å². The third kappa shape index (κ3) is 2.71. The number of aromatic nitrogens is 1. The molecule has 0 saturated carbocycles. The monoisotopic (exact) mass is 218 g/mol. The summed E-state index contributed by atoms with van der Waals surface area (Å²) in [5.74, 6) is 0.540. The first kappa shape index (κ1) is 12.5. The van der Waals surface area contributed by atoms with Crippen molar-refractivity contribution in [1.82, 2.24) is 9.88 Å². The zero-order valence-corrected chi connectivity index (χ0v) is 10.0. The van der Waals surface area contributed by atoms with E-state index in [4.69, 9.17) is 11.0 Å². The van der Waals surface area contributed by atoms with Crippen LogP contribution in [0, 0.1) is 11.3 Å². The van der Waals surface area contributed by atoms with Crippen LogP contribution in [0.5, 0.6) is 0 Å². The van der Waals surface area contributed by atoms with E-state index in [0.717, 1.165) is 5.56 Å². The lowest BCUT2D eigenvalue weighted by Gasteiger charge is -2.30. The number of anilines is 1. The zero-order chi connectivity index (χ0) is 12.1. The van der Waals surface area contributed by atoms with E-state index < -0.39 is 0 Å². The Kier molecular flexibility index (Phi) is 4.27. The number of hydrogen-bond donors (Lipinski definition) is 1. The van der Waals surface area contributed by atoms with E-state index in [1.54, 1.807) is 6.20 Å². The Morgan fingerprint density at radius 1 is 1.50 bits per heavy atom. The second-order valence-electron chi connectivity index (χ2n) is 4.08. The summed E-state index contributed by atoms with van der Waals surface area (Å²) < 4.78 is 0. The lowest BCUT2D eigenvalue weighted by atomic mass is 10.1. The van der Waals surface area contributed by atoms with Gasteiger partial charge in [-0.25, -0.2) is 4.98 Å². The molecule has 0 aliphatic rings. The van der Waals surface area contributed by atoms with E-state index in [0.29, 0.717) is 18.4 Å². The molecule has 86 valence electrons. The van der Waals surface area contributed by atoms with Crippen molar-refractivity contribution in [2.45, 2.75) is 32.9 Å². The Balaban J connectivity index is 2.95. The van der Waals surface area contributed by atoms with Crippen LogP contribution in [0.1, 0.15) is 32.4 Å². The Hall–Kier alpha value is -1.60. The van der Waals surface area contributed by atoms with Crippen molar-refractivity contribution < 1.29 is 0 Å². The molecule has 1 rings (SSSR count). The predicted molar refractivity (Wildman–Crippen MR) is 64.5 cm³/mol. The molecular formula is C12H18N4. The van der Waals surface area contributed by atoms with Crippen molar-refractivity contribution in [3.05, 3.63) is 23.9 Å². The van der Waals surface area contributed by atoms with Crippen molar-refractivity contribution in [1.29, 1.82) is 5.26 Å². The molecule has 2 N–H and O–H groups in total. The predicted octanol–water partition coefficient (Wildman–Crippen LogP) is 1.96. The summed E-state index contributed by atoms with van der Waals surface area (Å²) in [4.78, 5) is 6.16. The first-order valence-electron chi connectivity index (χ1n) is 5.41. The molecule has 4 nitrogen and oxygen atoms in total. The van der Waals surface area contributed by atoms with Crippen LogP contribution >= 0.6 is 0 Å². The van der Waals surface area contributed by atoms with Gasteiger partial charge in [-0.2, -0.15) is 5.26 Å². The van der Waals surface area contributed by atoms with Gasteiger partial charge < -0.3 is 5.73 Å². The first-order valence-corrected chi connectivity index (χ1v) is 5.41. The molecule has 0 aliphatic carbocycles. The minimum Gasteiger partial charge on any atom is -0.383 e. The maximum absolute atomic E-state index is 8.81. The molecule has 0 spiro atoms. The van der Waals surface area contributed by atoms with Crippen LogP contribution in [0.2, 0.25) is 0 Å². The van der Waals surface area contributed by atoms with Crippen LogP contribution in [0.25, 0.3) is 0 Å². The van der Waals surface area contributed by atoms with Gasteiger partial charge in [0.05, 0.1) is 12.6 Å². The van der Waals surface area contributed by atoms with Gasteiger partial charge in [0.25, 0.3) is 0 Å². The lowest BCUT2D eigenvalue weighted by Crippen LogP contribution is -2.34. The molecule has 0 aromatic carbocycles. The average Bonchev–Trinajstić information content (AvgIpc) is 2.25. The second-order valence-corrected chi connectivity index (χ2v) is 4.08. The number of nitriles is 1. The summed E-state index contributed by atoms with van der Waals surface area (Å²) in [6.07, 6.45) is 1.68. The van der Waals surface area contributed by atoms with Gasteiger partial charge in [-0.15, -0.1) is 0 Å². The number of rotatable bonds is 4. The molecule has 0 saturated heterocycles. The Bertz CT molecular complexity index is 381. The molecule has 1 heterocycles. The van der Waals surface area contributed by atoms with Crippen molar-refractivity contribution in [3.8, 4) is 6.07 Å². The molecule has 16 heavy (non-hydrogen) atoms. The highest BCUT2D eigenvalue weighted by Gasteiger charge is 2.20. The van der Waals surface area contributed by atoms with Crippen LogP contribution in [-0.2, 0) is 0 Å². The van der Waals surface area contributed by atoms with Gasteiger partial charge in [0.15, 0.2) is 0 Å². The maximum atomic E-state index is 8.81. The molecule has 4 heteroatoms. The van der Waals surface area contributed by atoms with E-state index >= 15 is 0 Å². The molecule has 0 aliphatic heterocycles. The minimum absolute atomic E-state index is 0.105. The van der Waals surface area contributed by atoms with E-state index in [1.165, 1.54) is 0 Å². The fourth-order valence-electron chi connectivity index (χ4n) is 1.81. The normalized spacial score (nSPS) is 12.8. The number of nitrogens with two attached hydrogens (primary N) is 1. The van der Waals surface area contributed by atoms with Gasteiger partial charge >= 0.3 is 0 Å². The van der Waals surface area contributed by atoms with E-state index in [2.05, 4.69) is 29.8 Å². The van der Waals surface area contributed by atoms with Gasteiger partial charge in [0.1, 0.15) is 5.82 Å². The van der Waals surface area contributed by atoms with E-state index in [9.17, 15) is 0 Å². The first-order chi connectivity index (χ1) is 7.57. The highest BCUT2D eigenvalue weighted by Crippen LogP contribution is 2.25. The third-order valence-corrected chi connectivity index (χ3v) is 2.74. The third-order valence-electron chi connectivity index (χ3n) is 2.74. The summed E-state index contributed by atoms with van der Waals surface area (Å²) in [7, 11) is 0. The van der Waals surface area contributed by atoms with Gasteiger partial charge in [-0.3, -0.25) is 4.90 Å². The summed E-state index contributed by atoms with van der Waals surface area (Å²) in [6, 6.07) is 6.42. The number of nitrogens with zero attached hydrogens (tertiary/aromatic N) is 3. The summed E-state index contributed by atoms with van der Waals surface area (Å²) in [5, 5.41) is 8.81. The van der Waals surface area contributed by atoms with Crippen molar-refractivity contribution in [2.24, 2.45) is 0 Å². The molecule has 1 atom stereocenters. The summed E-state index contributed by atoms with van der Waals surface area (Å²) in [6.45, 7) is 6.58. The van der Waals surface area contributed by atoms with Crippen LogP contribution in [-0.4, -0.2) is 22.5 Å². The van der Waals surface area contributed by atoms with Crippen LogP contribution in [0.15, 0.2) is 18.3 Å². The number of pyridine rings is 1. The largest absolute Gasteiger partial charge is 0.383 e. The van der Waals surface area contributed by atoms with Crippen LogP contribution < -0.4 is 5.73 Å². The number of nitrogen functional groups attached to an aromatic ring is 1. The molecule has 0 radical (unpaired) electrons. The van der Waals surface area contributed by atoms with Crippen molar-refractivity contribution in [3.63, 3.8) is 0 Å². The second kappa shape index (κ2) is 5.47. The van der Waals surface area contributed by atoms with E-state index in [1.807, 2.05) is 19.1 Å². The molecule has 0 fully saturated rings. The van der Waals surface area contributed by atoms with Gasteiger partial charge in [0.2, 0.25) is 0 Å². The zero-order valence-electron chi connectivity index (χ0n) is 10.0. The standard InChI is InChI=1S/C12H18N4/c1-9(2)16(8-6-13)10(3)11-5-4-7-15-12(11)14/h4-5,7,9-10H,8H2,1-3H3,(H2,14,15). The Labute approximate surface area is 96.7 Å². The molecule has 1 aromatic rings. The quantitative estimate of drug-likeness (QED) is 0.784. The Morgan fingerprint density at radius 2 is 2.19 bits per heavy atom. The van der Waals surface area contributed by atoms with Gasteiger partial charge in [-0.1, -0.05) is 6.07 Å². The number of hydrogen-bond acceptors (Lipinski definition) is 4. The average molecular weight is 218 g/mol. The Morgan fingerprint density at radius 3 is 2.69 bits per heavy atom. The molecule has 1 aromatic heterocycles. The topological polar surface area (TPSA) is 65.9 Å². The molecular weight excluding hydrogens is 200 g/mol. The molecule has 0 amide bonds. The smallest absolute Gasteiger partial charge is 0.128 e. The highest BCUT2D eigenvalue weighted by atomic mass is 15.2. The summed E-state index contributed by atoms with van der Waals surface area (Å²) in [5.41, 5.74) is 6.81. The summed E-state index contributed by atoms with van der Waals surface area (Å²) >= 11 is 0. The molecule has 1 unspecified atom stereocenters. The van der Waals surface area contributed by atoms with Crippen LogP contribution in [0.4, 0.5) is 5.82 Å².